The SMILES string of the molecule is C[C@@H](OC(=O)[C@@]1(C)CC1(Cl)Cl)C(=O)Nc1ncnc2nc[nH]c12. The number of aromatic nitrogens is 4. The Morgan fingerprint density at radius 3 is 2.74 bits per heavy atom. The van der Waals surface area contributed by atoms with Crippen molar-refractivity contribution in [3.8, 4) is 0 Å². The summed E-state index contributed by atoms with van der Waals surface area (Å²) in [5.41, 5.74) is -0.0930. The maximum Gasteiger partial charge on any atom is 0.315 e. The normalized spacial score (nSPS) is 23.3. The highest BCUT2D eigenvalue weighted by atomic mass is 35.5. The van der Waals surface area contributed by atoms with Crippen molar-refractivity contribution in [1.82, 2.24) is 19.9 Å². The van der Waals surface area contributed by atoms with Crippen molar-refractivity contribution in [2.24, 2.45) is 5.41 Å². The highest BCUT2D eigenvalue weighted by Crippen LogP contribution is 2.64. The van der Waals surface area contributed by atoms with E-state index in [0.717, 1.165) is 0 Å². The summed E-state index contributed by atoms with van der Waals surface area (Å²) in [4.78, 5) is 38.9. The molecule has 1 aliphatic rings. The summed E-state index contributed by atoms with van der Waals surface area (Å²) >= 11 is 11.8. The van der Waals surface area contributed by atoms with Gasteiger partial charge in [-0.2, -0.15) is 0 Å². The molecule has 1 fully saturated rings. The minimum Gasteiger partial charge on any atom is -0.452 e. The van der Waals surface area contributed by atoms with E-state index in [1.54, 1.807) is 6.92 Å². The molecular formula is C13H13Cl2N5O3. The van der Waals surface area contributed by atoms with Crippen molar-refractivity contribution in [3.63, 3.8) is 0 Å². The molecule has 1 aliphatic carbocycles. The summed E-state index contributed by atoms with van der Waals surface area (Å²) in [6, 6.07) is 0. The topological polar surface area (TPSA) is 110 Å². The number of nitrogens with zero attached hydrogens (tertiary/aromatic N) is 3. The molecule has 2 heterocycles. The van der Waals surface area contributed by atoms with Crippen molar-refractivity contribution in [2.75, 3.05) is 5.32 Å². The Balaban J connectivity index is 1.67. The predicted octanol–water partition coefficient (Wildman–Crippen LogP) is 1.81. The zero-order valence-corrected chi connectivity index (χ0v) is 13.8. The fraction of sp³-hybridized carbons (Fsp3) is 0.462. The van der Waals surface area contributed by atoms with E-state index in [1.165, 1.54) is 19.6 Å². The molecule has 2 aromatic rings. The van der Waals surface area contributed by atoms with Crippen LogP contribution in [-0.2, 0) is 14.3 Å². The predicted molar refractivity (Wildman–Crippen MR) is 83.0 cm³/mol. The van der Waals surface area contributed by atoms with Gasteiger partial charge in [-0.1, -0.05) is 0 Å². The summed E-state index contributed by atoms with van der Waals surface area (Å²) < 4.78 is 4.01. The molecule has 2 N–H and O–H groups in total. The minimum absolute atomic E-state index is 0.252. The maximum absolute atomic E-state index is 12.2. The molecule has 0 saturated heterocycles. The summed E-state index contributed by atoms with van der Waals surface area (Å²) in [6.07, 6.45) is 1.97. The van der Waals surface area contributed by atoms with Gasteiger partial charge in [0.1, 0.15) is 21.6 Å². The number of imidazole rings is 1. The molecule has 2 aromatic heterocycles. The van der Waals surface area contributed by atoms with Crippen LogP contribution in [0.2, 0.25) is 0 Å². The lowest BCUT2D eigenvalue weighted by Gasteiger charge is -2.17. The van der Waals surface area contributed by atoms with E-state index in [-0.39, 0.29) is 12.2 Å². The van der Waals surface area contributed by atoms with Crippen LogP contribution in [0.4, 0.5) is 5.82 Å². The number of H-pyrrole nitrogens is 1. The van der Waals surface area contributed by atoms with E-state index in [9.17, 15) is 9.59 Å². The Hall–Kier alpha value is -1.93. The van der Waals surface area contributed by atoms with Gasteiger partial charge in [0.05, 0.1) is 6.33 Å². The largest absolute Gasteiger partial charge is 0.452 e. The summed E-state index contributed by atoms with van der Waals surface area (Å²) in [5, 5.41) is 2.56. The van der Waals surface area contributed by atoms with Crippen LogP contribution < -0.4 is 5.32 Å². The van der Waals surface area contributed by atoms with Gasteiger partial charge in [0.2, 0.25) is 0 Å². The number of hydrogen-bond acceptors (Lipinski definition) is 6. The number of fused-ring (bicyclic) bond motifs is 1. The number of hydrogen-bond donors (Lipinski definition) is 2. The number of halogens is 2. The fourth-order valence-corrected chi connectivity index (χ4v) is 2.73. The van der Waals surface area contributed by atoms with Crippen molar-refractivity contribution in [2.45, 2.75) is 30.7 Å². The van der Waals surface area contributed by atoms with Gasteiger partial charge in [-0.25, -0.2) is 15.0 Å². The molecule has 0 unspecified atom stereocenters. The third kappa shape index (κ3) is 2.72. The second kappa shape index (κ2) is 5.31. The first kappa shape index (κ1) is 15.9. The van der Waals surface area contributed by atoms with Crippen LogP contribution in [-0.4, -0.2) is 42.2 Å². The Bertz CT molecular complexity index is 793. The van der Waals surface area contributed by atoms with E-state index in [1.807, 2.05) is 0 Å². The molecule has 0 aliphatic heterocycles. The fourth-order valence-electron chi connectivity index (χ4n) is 2.04. The highest BCUT2D eigenvalue weighted by Gasteiger charge is 2.69. The average molecular weight is 358 g/mol. The minimum atomic E-state index is -1.14. The zero-order valence-electron chi connectivity index (χ0n) is 12.3. The van der Waals surface area contributed by atoms with E-state index >= 15 is 0 Å². The number of nitrogens with one attached hydrogen (secondary N) is 2. The summed E-state index contributed by atoms with van der Waals surface area (Å²) in [7, 11) is 0. The number of rotatable bonds is 4. The summed E-state index contributed by atoms with van der Waals surface area (Å²) in [6.45, 7) is 3.05. The third-order valence-electron chi connectivity index (χ3n) is 3.83. The number of amides is 1. The lowest BCUT2D eigenvalue weighted by Crippen LogP contribution is -2.33. The molecular weight excluding hydrogens is 345 g/mol. The van der Waals surface area contributed by atoms with Crippen LogP contribution in [0.3, 0.4) is 0 Å². The van der Waals surface area contributed by atoms with Gasteiger partial charge in [-0.3, -0.25) is 9.59 Å². The number of carbonyl (C=O) groups excluding carboxylic acids is 2. The van der Waals surface area contributed by atoms with E-state index in [4.69, 9.17) is 27.9 Å². The number of alkyl halides is 2. The second-order valence-corrected chi connectivity index (χ2v) is 7.06. The van der Waals surface area contributed by atoms with Crippen LogP contribution in [0, 0.1) is 5.41 Å². The third-order valence-corrected chi connectivity index (χ3v) is 4.93. The van der Waals surface area contributed by atoms with Gasteiger partial charge in [-0.05, 0) is 13.8 Å². The Labute approximate surface area is 140 Å². The molecule has 0 bridgehead atoms. The highest BCUT2D eigenvalue weighted by molar-refractivity contribution is 6.53. The van der Waals surface area contributed by atoms with Crippen molar-refractivity contribution >= 4 is 52.1 Å². The Kier molecular flexibility index (Phi) is 3.68. The quantitative estimate of drug-likeness (QED) is 0.637. The van der Waals surface area contributed by atoms with Gasteiger partial charge < -0.3 is 15.0 Å². The lowest BCUT2D eigenvalue weighted by molar-refractivity contribution is -0.158. The number of esters is 1. The summed E-state index contributed by atoms with van der Waals surface area (Å²) in [5.74, 6) is -0.895. The van der Waals surface area contributed by atoms with E-state index < -0.39 is 27.7 Å². The van der Waals surface area contributed by atoms with Crippen LogP contribution in [0.15, 0.2) is 12.7 Å². The number of anilines is 1. The van der Waals surface area contributed by atoms with Crippen LogP contribution in [0.25, 0.3) is 11.2 Å². The van der Waals surface area contributed by atoms with Crippen molar-refractivity contribution in [3.05, 3.63) is 12.7 Å². The maximum atomic E-state index is 12.2. The van der Waals surface area contributed by atoms with Crippen LogP contribution >= 0.6 is 23.2 Å². The zero-order chi connectivity index (χ0) is 16.8. The smallest absolute Gasteiger partial charge is 0.315 e. The first-order valence-electron chi connectivity index (χ1n) is 6.78. The molecule has 1 saturated carbocycles. The van der Waals surface area contributed by atoms with Crippen molar-refractivity contribution in [1.29, 1.82) is 0 Å². The number of aromatic amines is 1. The average Bonchev–Trinajstić information content (AvgIpc) is 2.86. The van der Waals surface area contributed by atoms with Gasteiger partial charge in [0, 0.05) is 6.42 Å². The molecule has 0 aromatic carbocycles. The van der Waals surface area contributed by atoms with Crippen LogP contribution in [0.1, 0.15) is 20.3 Å². The van der Waals surface area contributed by atoms with Crippen molar-refractivity contribution < 1.29 is 14.3 Å². The molecule has 23 heavy (non-hydrogen) atoms. The Morgan fingerprint density at radius 2 is 2.09 bits per heavy atom. The van der Waals surface area contributed by atoms with Gasteiger partial charge >= 0.3 is 5.97 Å². The van der Waals surface area contributed by atoms with Gasteiger partial charge in [-0.15, -0.1) is 23.2 Å². The van der Waals surface area contributed by atoms with Gasteiger partial charge in [0.25, 0.3) is 5.91 Å². The molecule has 10 heteroatoms. The van der Waals surface area contributed by atoms with Gasteiger partial charge in [0.15, 0.2) is 17.6 Å². The standard InChI is InChI=1S/C13H13Cl2N5O3/c1-6(23-11(22)12(2)3-13(12,14)15)10(21)20-9-7-8(17-4-16-7)18-5-19-9/h4-6H,3H2,1-2H3,(H2,16,17,18,19,20,21)/t6-,12-/m1/s1. The molecule has 3 rings (SSSR count). The molecule has 8 nitrogen and oxygen atoms in total. The van der Waals surface area contributed by atoms with Crippen LogP contribution in [0.5, 0.6) is 0 Å². The first-order chi connectivity index (χ1) is 10.7. The molecule has 2 atom stereocenters. The molecule has 0 radical (unpaired) electrons. The van der Waals surface area contributed by atoms with E-state index in [0.29, 0.717) is 11.2 Å². The second-order valence-electron chi connectivity index (χ2n) is 5.57. The molecule has 1 amide bonds. The lowest BCUT2D eigenvalue weighted by atomic mass is 10.1. The number of ether oxygens (including phenoxy) is 1. The Morgan fingerprint density at radius 1 is 1.39 bits per heavy atom. The first-order valence-corrected chi connectivity index (χ1v) is 7.54. The molecule has 0 spiro atoms. The monoisotopic (exact) mass is 357 g/mol. The van der Waals surface area contributed by atoms with E-state index in [2.05, 4.69) is 25.3 Å². The molecule has 122 valence electrons. The number of carbonyl (C=O) groups is 2.